The summed E-state index contributed by atoms with van der Waals surface area (Å²) in [7, 11) is 0. The van der Waals surface area contributed by atoms with Gasteiger partial charge in [0.2, 0.25) is 0 Å². The number of rotatable bonds is 4. The van der Waals surface area contributed by atoms with Gasteiger partial charge >= 0.3 is 0 Å². The molecule has 0 aliphatic carbocycles. The highest BCUT2D eigenvalue weighted by Crippen LogP contribution is 2.23. The van der Waals surface area contributed by atoms with Crippen LogP contribution in [-0.4, -0.2) is 6.29 Å². The highest BCUT2D eigenvalue weighted by atomic mass is 19.1. The summed E-state index contributed by atoms with van der Waals surface area (Å²) >= 11 is 0. The maximum atomic E-state index is 13.0. The highest BCUT2D eigenvalue weighted by Gasteiger charge is 2.13. The average molecular weight is 208 g/mol. The molecule has 0 spiro atoms. The average Bonchev–Trinajstić information content (AvgIpc) is 2.18. The van der Waals surface area contributed by atoms with Crippen molar-refractivity contribution in [1.82, 2.24) is 0 Å². The van der Waals surface area contributed by atoms with E-state index in [9.17, 15) is 9.18 Å². The predicted octanol–water partition coefficient (Wildman–Crippen LogP) is 3.46. The summed E-state index contributed by atoms with van der Waals surface area (Å²) < 4.78 is 13.0. The lowest BCUT2D eigenvalue weighted by Gasteiger charge is -2.13. The SMILES string of the molecule is Cc1cc(C(C=O)CC(C)C)ccc1F. The van der Waals surface area contributed by atoms with E-state index in [1.54, 1.807) is 19.1 Å². The summed E-state index contributed by atoms with van der Waals surface area (Å²) in [4.78, 5) is 10.9. The molecule has 0 fully saturated rings. The molecule has 2 heteroatoms. The van der Waals surface area contributed by atoms with Crippen LogP contribution in [0.2, 0.25) is 0 Å². The van der Waals surface area contributed by atoms with Gasteiger partial charge in [-0.1, -0.05) is 26.0 Å². The molecule has 0 heterocycles. The van der Waals surface area contributed by atoms with Crippen molar-refractivity contribution in [3.8, 4) is 0 Å². The Hall–Kier alpha value is -1.18. The number of hydrogen-bond donors (Lipinski definition) is 0. The second-order valence-corrected chi connectivity index (χ2v) is 4.38. The van der Waals surface area contributed by atoms with Crippen LogP contribution in [0.1, 0.15) is 37.3 Å². The van der Waals surface area contributed by atoms with Crippen molar-refractivity contribution in [1.29, 1.82) is 0 Å². The summed E-state index contributed by atoms with van der Waals surface area (Å²) in [6.45, 7) is 5.87. The molecule has 1 atom stereocenters. The molecule has 15 heavy (non-hydrogen) atoms. The molecule has 0 N–H and O–H groups in total. The Morgan fingerprint density at radius 3 is 2.53 bits per heavy atom. The van der Waals surface area contributed by atoms with Crippen LogP contribution in [0.3, 0.4) is 0 Å². The standard InChI is InChI=1S/C13H17FO/c1-9(2)6-12(8-15)11-4-5-13(14)10(3)7-11/h4-5,7-9,12H,6H2,1-3H3. The maximum absolute atomic E-state index is 13.0. The van der Waals surface area contributed by atoms with Gasteiger partial charge in [-0.15, -0.1) is 0 Å². The number of carbonyl (C=O) groups is 1. The summed E-state index contributed by atoms with van der Waals surface area (Å²) in [5.74, 6) is 0.141. The molecule has 0 aliphatic heterocycles. The first kappa shape index (κ1) is 11.9. The monoisotopic (exact) mass is 208 g/mol. The molecule has 0 bridgehead atoms. The van der Waals surface area contributed by atoms with Crippen LogP contribution in [-0.2, 0) is 4.79 Å². The van der Waals surface area contributed by atoms with E-state index < -0.39 is 0 Å². The van der Waals surface area contributed by atoms with Crippen LogP contribution >= 0.6 is 0 Å². The fraction of sp³-hybridized carbons (Fsp3) is 0.462. The lowest BCUT2D eigenvalue weighted by atomic mass is 9.91. The molecule has 82 valence electrons. The minimum Gasteiger partial charge on any atom is -0.303 e. The summed E-state index contributed by atoms with van der Waals surface area (Å²) in [6, 6.07) is 4.89. The van der Waals surface area contributed by atoms with Gasteiger partial charge in [0.1, 0.15) is 12.1 Å². The minimum atomic E-state index is -0.215. The third-order valence-electron chi connectivity index (χ3n) is 2.50. The first-order valence-electron chi connectivity index (χ1n) is 5.26. The van der Waals surface area contributed by atoms with Crippen molar-refractivity contribution in [2.75, 3.05) is 0 Å². The topological polar surface area (TPSA) is 17.1 Å². The normalized spacial score (nSPS) is 12.9. The third kappa shape index (κ3) is 3.15. The molecule has 0 aliphatic rings. The van der Waals surface area contributed by atoms with E-state index in [-0.39, 0.29) is 11.7 Å². The van der Waals surface area contributed by atoms with Gasteiger partial charge in [-0.3, -0.25) is 0 Å². The summed E-state index contributed by atoms with van der Waals surface area (Å²) in [5, 5.41) is 0. The van der Waals surface area contributed by atoms with Gasteiger partial charge < -0.3 is 4.79 Å². The molecule has 1 aromatic rings. The number of halogens is 1. The lowest BCUT2D eigenvalue weighted by molar-refractivity contribution is -0.109. The van der Waals surface area contributed by atoms with E-state index in [0.29, 0.717) is 11.5 Å². The van der Waals surface area contributed by atoms with E-state index in [1.165, 1.54) is 6.07 Å². The van der Waals surface area contributed by atoms with Crippen molar-refractivity contribution in [3.05, 3.63) is 35.1 Å². The molecule has 1 aromatic carbocycles. The molecule has 1 nitrogen and oxygen atoms in total. The maximum Gasteiger partial charge on any atom is 0.127 e. The second-order valence-electron chi connectivity index (χ2n) is 4.38. The first-order chi connectivity index (χ1) is 7.04. The number of aldehydes is 1. The van der Waals surface area contributed by atoms with Crippen molar-refractivity contribution in [3.63, 3.8) is 0 Å². The van der Waals surface area contributed by atoms with Crippen LogP contribution in [0.15, 0.2) is 18.2 Å². The first-order valence-corrected chi connectivity index (χ1v) is 5.26. The van der Waals surface area contributed by atoms with Crippen LogP contribution < -0.4 is 0 Å². The van der Waals surface area contributed by atoms with Crippen molar-refractivity contribution in [2.24, 2.45) is 5.92 Å². The molecule has 0 saturated carbocycles. The Morgan fingerprint density at radius 2 is 2.07 bits per heavy atom. The molecule has 0 amide bonds. The molecule has 1 unspecified atom stereocenters. The Kier molecular flexibility index (Phi) is 4.01. The Morgan fingerprint density at radius 1 is 1.40 bits per heavy atom. The molecule has 0 radical (unpaired) electrons. The van der Waals surface area contributed by atoms with Crippen LogP contribution in [0.5, 0.6) is 0 Å². The van der Waals surface area contributed by atoms with E-state index in [2.05, 4.69) is 13.8 Å². The lowest BCUT2D eigenvalue weighted by Crippen LogP contribution is -2.05. The zero-order valence-corrected chi connectivity index (χ0v) is 9.46. The Labute approximate surface area is 90.3 Å². The Balaban J connectivity index is 2.92. The summed E-state index contributed by atoms with van der Waals surface area (Å²) in [5.41, 5.74) is 1.51. The number of carbonyl (C=O) groups excluding carboxylic acids is 1. The van der Waals surface area contributed by atoms with E-state index >= 15 is 0 Å². The predicted molar refractivity (Wildman–Crippen MR) is 59.4 cm³/mol. The van der Waals surface area contributed by atoms with Crippen molar-refractivity contribution >= 4 is 6.29 Å². The van der Waals surface area contributed by atoms with Crippen LogP contribution in [0, 0.1) is 18.7 Å². The third-order valence-corrected chi connectivity index (χ3v) is 2.50. The molecular weight excluding hydrogens is 191 g/mol. The van der Waals surface area contributed by atoms with Gasteiger partial charge in [0.05, 0.1) is 0 Å². The highest BCUT2D eigenvalue weighted by molar-refractivity contribution is 5.62. The van der Waals surface area contributed by atoms with E-state index in [1.807, 2.05) is 0 Å². The largest absolute Gasteiger partial charge is 0.303 e. The molecular formula is C13H17FO. The van der Waals surface area contributed by atoms with Gasteiger partial charge in [0.25, 0.3) is 0 Å². The van der Waals surface area contributed by atoms with Crippen molar-refractivity contribution in [2.45, 2.75) is 33.1 Å². The quantitative estimate of drug-likeness (QED) is 0.692. The molecule has 1 rings (SSSR count). The fourth-order valence-corrected chi connectivity index (χ4v) is 1.68. The van der Waals surface area contributed by atoms with E-state index in [0.717, 1.165) is 18.3 Å². The Bertz CT molecular complexity index is 344. The van der Waals surface area contributed by atoms with Gasteiger partial charge in [-0.25, -0.2) is 4.39 Å². The smallest absolute Gasteiger partial charge is 0.127 e. The van der Waals surface area contributed by atoms with Gasteiger partial charge in [0, 0.05) is 5.92 Å². The zero-order valence-electron chi connectivity index (χ0n) is 9.46. The number of aryl methyl sites for hydroxylation is 1. The van der Waals surface area contributed by atoms with Gasteiger partial charge in [-0.05, 0) is 36.5 Å². The molecule has 0 aromatic heterocycles. The van der Waals surface area contributed by atoms with E-state index in [4.69, 9.17) is 0 Å². The number of benzene rings is 1. The van der Waals surface area contributed by atoms with Gasteiger partial charge in [-0.2, -0.15) is 0 Å². The molecule has 0 saturated heterocycles. The summed E-state index contributed by atoms with van der Waals surface area (Å²) in [6.07, 6.45) is 1.77. The minimum absolute atomic E-state index is 0.107. The number of hydrogen-bond acceptors (Lipinski definition) is 1. The zero-order chi connectivity index (χ0) is 11.4. The fourth-order valence-electron chi connectivity index (χ4n) is 1.68. The van der Waals surface area contributed by atoms with Gasteiger partial charge in [0.15, 0.2) is 0 Å². The van der Waals surface area contributed by atoms with Crippen LogP contribution in [0.25, 0.3) is 0 Å². The van der Waals surface area contributed by atoms with Crippen molar-refractivity contribution < 1.29 is 9.18 Å². The van der Waals surface area contributed by atoms with Crippen LogP contribution in [0.4, 0.5) is 4.39 Å². The second kappa shape index (κ2) is 5.06.